The molecule has 2 rings (SSSR count). The van der Waals surface area contributed by atoms with Crippen LogP contribution in [0.2, 0.25) is 0 Å². The summed E-state index contributed by atoms with van der Waals surface area (Å²) in [4.78, 5) is 13.8. The molecule has 1 fully saturated rings. The fourth-order valence-corrected chi connectivity index (χ4v) is 3.49. The third-order valence-electron chi connectivity index (χ3n) is 3.67. The van der Waals surface area contributed by atoms with Crippen LogP contribution in [-0.2, 0) is 21.1 Å². The van der Waals surface area contributed by atoms with Gasteiger partial charge in [0.05, 0.1) is 11.7 Å². The van der Waals surface area contributed by atoms with Gasteiger partial charge in [-0.2, -0.15) is 0 Å². The number of amides is 1. The predicted octanol–water partition coefficient (Wildman–Crippen LogP) is 1.40. The van der Waals surface area contributed by atoms with E-state index in [4.69, 9.17) is 0 Å². The van der Waals surface area contributed by atoms with Crippen LogP contribution >= 0.6 is 0 Å². The minimum absolute atomic E-state index is 0.0384. The van der Waals surface area contributed by atoms with E-state index in [-0.39, 0.29) is 23.4 Å². The van der Waals surface area contributed by atoms with Gasteiger partial charge in [0.1, 0.15) is 15.7 Å². The molecular formula is C14H18FNO3S. The number of hydrogen-bond acceptors (Lipinski definition) is 3. The van der Waals surface area contributed by atoms with Gasteiger partial charge in [-0.05, 0) is 30.5 Å². The van der Waals surface area contributed by atoms with E-state index in [1.807, 2.05) is 0 Å². The summed E-state index contributed by atoms with van der Waals surface area (Å²) in [6.07, 6.45) is 2.46. The van der Waals surface area contributed by atoms with Crippen LogP contribution < -0.4 is 0 Å². The molecule has 0 N–H and O–H groups in total. The number of carbonyl (C=O) groups excluding carboxylic acids is 1. The molecule has 4 nitrogen and oxygen atoms in total. The maximum absolute atomic E-state index is 12.8. The molecule has 0 bridgehead atoms. The van der Waals surface area contributed by atoms with Crippen LogP contribution in [0, 0.1) is 5.82 Å². The van der Waals surface area contributed by atoms with Crippen molar-refractivity contribution in [1.82, 2.24) is 4.90 Å². The van der Waals surface area contributed by atoms with Crippen molar-refractivity contribution in [2.45, 2.75) is 24.5 Å². The Morgan fingerprint density at radius 3 is 2.30 bits per heavy atom. The SMILES string of the molecule is CS(=O)(=O)C1CCN(C(=O)Cc2ccc(F)cc2)CC1. The Labute approximate surface area is 118 Å². The van der Waals surface area contributed by atoms with E-state index in [1.54, 1.807) is 17.0 Å². The van der Waals surface area contributed by atoms with E-state index in [9.17, 15) is 17.6 Å². The van der Waals surface area contributed by atoms with Crippen molar-refractivity contribution in [2.75, 3.05) is 19.3 Å². The van der Waals surface area contributed by atoms with Crippen LogP contribution in [-0.4, -0.2) is 43.8 Å². The summed E-state index contributed by atoms with van der Waals surface area (Å²) >= 11 is 0. The van der Waals surface area contributed by atoms with Gasteiger partial charge in [-0.25, -0.2) is 12.8 Å². The van der Waals surface area contributed by atoms with E-state index < -0.39 is 9.84 Å². The molecule has 0 aliphatic carbocycles. The molecule has 1 heterocycles. The second kappa shape index (κ2) is 5.91. The lowest BCUT2D eigenvalue weighted by Gasteiger charge is -2.31. The Morgan fingerprint density at radius 1 is 1.25 bits per heavy atom. The highest BCUT2D eigenvalue weighted by Gasteiger charge is 2.28. The molecule has 20 heavy (non-hydrogen) atoms. The number of halogens is 1. The zero-order chi connectivity index (χ0) is 14.8. The number of likely N-dealkylation sites (tertiary alicyclic amines) is 1. The fourth-order valence-electron chi connectivity index (χ4n) is 2.42. The Hall–Kier alpha value is -1.43. The minimum Gasteiger partial charge on any atom is -0.342 e. The van der Waals surface area contributed by atoms with Crippen LogP contribution in [0.15, 0.2) is 24.3 Å². The van der Waals surface area contributed by atoms with Crippen molar-refractivity contribution < 1.29 is 17.6 Å². The third kappa shape index (κ3) is 3.79. The third-order valence-corrected chi connectivity index (χ3v) is 5.35. The first-order valence-corrected chi connectivity index (χ1v) is 8.53. The lowest BCUT2D eigenvalue weighted by molar-refractivity contribution is -0.131. The molecule has 0 atom stereocenters. The highest BCUT2D eigenvalue weighted by molar-refractivity contribution is 7.91. The average Bonchev–Trinajstić information content (AvgIpc) is 2.40. The standard InChI is InChI=1S/C14H18FNO3S/c1-20(18,19)13-6-8-16(9-7-13)14(17)10-11-2-4-12(15)5-3-11/h2-5,13H,6-10H2,1H3. The second-order valence-electron chi connectivity index (χ2n) is 5.21. The number of carbonyl (C=O) groups is 1. The Bertz CT molecular complexity index is 575. The first-order valence-electron chi connectivity index (χ1n) is 6.57. The molecule has 0 aromatic heterocycles. The number of piperidine rings is 1. The van der Waals surface area contributed by atoms with E-state index in [0.717, 1.165) is 5.56 Å². The van der Waals surface area contributed by atoms with Crippen molar-refractivity contribution >= 4 is 15.7 Å². The number of hydrogen-bond donors (Lipinski definition) is 0. The number of rotatable bonds is 3. The van der Waals surface area contributed by atoms with Crippen LogP contribution in [0.3, 0.4) is 0 Å². The number of benzene rings is 1. The van der Waals surface area contributed by atoms with Crippen LogP contribution in [0.4, 0.5) is 4.39 Å². The van der Waals surface area contributed by atoms with E-state index in [2.05, 4.69) is 0 Å². The molecular weight excluding hydrogens is 281 g/mol. The quantitative estimate of drug-likeness (QED) is 0.848. The normalized spacial score (nSPS) is 17.2. The smallest absolute Gasteiger partial charge is 0.226 e. The van der Waals surface area contributed by atoms with Crippen molar-refractivity contribution in [3.8, 4) is 0 Å². The topological polar surface area (TPSA) is 54.5 Å². The van der Waals surface area contributed by atoms with E-state index in [1.165, 1.54) is 18.4 Å². The van der Waals surface area contributed by atoms with Gasteiger partial charge in [0.15, 0.2) is 0 Å². The van der Waals surface area contributed by atoms with Gasteiger partial charge in [-0.1, -0.05) is 12.1 Å². The highest BCUT2D eigenvalue weighted by atomic mass is 32.2. The molecule has 1 aromatic carbocycles. The van der Waals surface area contributed by atoms with E-state index >= 15 is 0 Å². The monoisotopic (exact) mass is 299 g/mol. The Kier molecular flexibility index (Phi) is 4.42. The maximum atomic E-state index is 12.8. The van der Waals surface area contributed by atoms with Crippen LogP contribution in [0.1, 0.15) is 18.4 Å². The van der Waals surface area contributed by atoms with Gasteiger partial charge in [-0.3, -0.25) is 4.79 Å². The molecule has 0 spiro atoms. The number of sulfone groups is 1. The summed E-state index contributed by atoms with van der Waals surface area (Å²) in [7, 11) is -3.02. The van der Waals surface area contributed by atoms with Gasteiger partial charge >= 0.3 is 0 Å². The van der Waals surface area contributed by atoms with Crippen molar-refractivity contribution in [3.05, 3.63) is 35.6 Å². The molecule has 0 radical (unpaired) electrons. The largest absolute Gasteiger partial charge is 0.342 e. The highest BCUT2D eigenvalue weighted by Crippen LogP contribution is 2.18. The summed E-state index contributed by atoms with van der Waals surface area (Å²) in [6.45, 7) is 0.940. The summed E-state index contributed by atoms with van der Waals surface area (Å²) < 4.78 is 35.7. The lowest BCUT2D eigenvalue weighted by Crippen LogP contribution is -2.42. The van der Waals surface area contributed by atoms with Crippen LogP contribution in [0.5, 0.6) is 0 Å². The fraction of sp³-hybridized carbons (Fsp3) is 0.500. The molecule has 1 aromatic rings. The zero-order valence-electron chi connectivity index (χ0n) is 11.4. The first-order chi connectivity index (χ1) is 9.36. The van der Waals surface area contributed by atoms with Crippen molar-refractivity contribution in [1.29, 1.82) is 0 Å². The molecule has 1 aliphatic heterocycles. The average molecular weight is 299 g/mol. The van der Waals surface area contributed by atoms with Gasteiger partial charge in [0.2, 0.25) is 5.91 Å². The second-order valence-corrected chi connectivity index (χ2v) is 7.54. The van der Waals surface area contributed by atoms with Gasteiger partial charge in [-0.15, -0.1) is 0 Å². The lowest BCUT2D eigenvalue weighted by atomic mass is 10.1. The Balaban J connectivity index is 1.90. The molecule has 0 unspecified atom stereocenters. The van der Waals surface area contributed by atoms with Gasteiger partial charge < -0.3 is 4.90 Å². The first kappa shape index (κ1) is 15.0. The summed E-state index contributed by atoms with van der Waals surface area (Å²) in [6, 6.07) is 5.85. The Morgan fingerprint density at radius 2 is 1.80 bits per heavy atom. The summed E-state index contributed by atoms with van der Waals surface area (Å²) in [5.74, 6) is -0.362. The van der Waals surface area contributed by atoms with Crippen molar-refractivity contribution in [2.24, 2.45) is 0 Å². The molecule has 0 saturated carbocycles. The van der Waals surface area contributed by atoms with Gasteiger partial charge in [0, 0.05) is 19.3 Å². The summed E-state index contributed by atoms with van der Waals surface area (Å²) in [5.41, 5.74) is 0.765. The van der Waals surface area contributed by atoms with Crippen molar-refractivity contribution in [3.63, 3.8) is 0 Å². The molecule has 1 amide bonds. The molecule has 6 heteroatoms. The zero-order valence-corrected chi connectivity index (χ0v) is 12.2. The van der Waals surface area contributed by atoms with E-state index in [0.29, 0.717) is 25.9 Å². The predicted molar refractivity (Wildman–Crippen MR) is 74.5 cm³/mol. The number of nitrogens with zero attached hydrogens (tertiary/aromatic N) is 1. The summed E-state index contributed by atoms with van der Waals surface area (Å²) in [5, 5.41) is -0.336. The minimum atomic E-state index is -3.02. The molecule has 110 valence electrons. The maximum Gasteiger partial charge on any atom is 0.226 e. The van der Waals surface area contributed by atoms with Gasteiger partial charge in [0.25, 0.3) is 0 Å². The molecule has 1 saturated heterocycles. The van der Waals surface area contributed by atoms with Crippen LogP contribution in [0.25, 0.3) is 0 Å². The molecule has 1 aliphatic rings.